The Bertz CT molecular complexity index is 763. The number of hydrogen-bond donors (Lipinski definition) is 1. The normalized spacial score (nSPS) is 14.9. The van der Waals surface area contributed by atoms with E-state index >= 15 is 0 Å². The number of rotatable bonds is 5. The quantitative estimate of drug-likeness (QED) is 0.828. The molecule has 130 valence electrons. The van der Waals surface area contributed by atoms with Crippen LogP contribution in [0.4, 0.5) is 19.0 Å². The molecule has 2 aromatic heterocycles. The number of alkyl halides is 3. The second-order valence-electron chi connectivity index (χ2n) is 5.58. The van der Waals surface area contributed by atoms with Gasteiger partial charge in [0.1, 0.15) is 6.54 Å². The Morgan fingerprint density at radius 3 is 2.67 bits per heavy atom. The predicted molar refractivity (Wildman–Crippen MR) is 83.4 cm³/mol. The zero-order valence-electron chi connectivity index (χ0n) is 12.8. The molecule has 1 fully saturated rings. The van der Waals surface area contributed by atoms with Crippen molar-refractivity contribution in [1.29, 1.82) is 0 Å². The van der Waals surface area contributed by atoms with Gasteiger partial charge < -0.3 is 5.32 Å². The summed E-state index contributed by atoms with van der Waals surface area (Å²) in [6.45, 7) is 2.27. The first-order valence-electron chi connectivity index (χ1n) is 7.46. The fourth-order valence-electron chi connectivity index (χ4n) is 2.42. The Morgan fingerprint density at radius 1 is 1.42 bits per heavy atom. The van der Waals surface area contributed by atoms with Gasteiger partial charge in [-0.25, -0.2) is 0 Å². The van der Waals surface area contributed by atoms with Crippen molar-refractivity contribution in [2.75, 3.05) is 5.32 Å². The van der Waals surface area contributed by atoms with Crippen molar-refractivity contribution in [1.82, 2.24) is 19.6 Å². The molecule has 24 heavy (non-hydrogen) atoms. The van der Waals surface area contributed by atoms with E-state index in [1.54, 1.807) is 16.9 Å². The minimum atomic E-state index is -4.57. The van der Waals surface area contributed by atoms with E-state index in [9.17, 15) is 18.0 Å². The number of nitrogens with zero attached hydrogens (tertiary/aromatic N) is 4. The molecule has 0 bridgehead atoms. The van der Waals surface area contributed by atoms with Crippen LogP contribution in [-0.2, 0) is 24.1 Å². The van der Waals surface area contributed by atoms with Crippen LogP contribution in [0.1, 0.15) is 37.1 Å². The van der Waals surface area contributed by atoms with Crippen LogP contribution in [0.5, 0.6) is 0 Å². The number of nitrogens with one attached hydrogen (secondary N) is 1. The molecule has 6 nitrogen and oxygen atoms in total. The third-order valence-electron chi connectivity index (χ3n) is 3.69. The van der Waals surface area contributed by atoms with Crippen LogP contribution in [-0.4, -0.2) is 25.5 Å². The van der Waals surface area contributed by atoms with Crippen molar-refractivity contribution >= 4 is 27.7 Å². The first-order valence-corrected chi connectivity index (χ1v) is 8.25. The summed E-state index contributed by atoms with van der Waals surface area (Å²) in [5.74, 6) is -0.103. The first-order chi connectivity index (χ1) is 11.3. The molecule has 2 heterocycles. The Hall–Kier alpha value is -1.84. The van der Waals surface area contributed by atoms with Gasteiger partial charge in [-0.2, -0.15) is 23.4 Å². The summed E-state index contributed by atoms with van der Waals surface area (Å²) in [6, 6.07) is 1.63. The standard InChI is InChI=1S/C14H15BrF3N5O/c1-2-22-6-5-9(20-22)19-10(24)7-23-12(8-3-4-8)11(15)13(21-23)14(16,17)18/h5-6,8H,2-4,7H2,1H3,(H,19,20,24). The molecule has 1 amide bonds. The predicted octanol–water partition coefficient (Wildman–Crippen LogP) is 3.40. The van der Waals surface area contributed by atoms with E-state index in [0.717, 1.165) is 17.5 Å². The lowest BCUT2D eigenvalue weighted by Gasteiger charge is -2.07. The molecule has 10 heteroatoms. The lowest BCUT2D eigenvalue weighted by molar-refractivity contribution is -0.142. The molecule has 3 rings (SSSR count). The summed E-state index contributed by atoms with van der Waals surface area (Å²) >= 11 is 3.00. The molecule has 0 spiro atoms. The zero-order chi connectivity index (χ0) is 17.5. The molecule has 0 radical (unpaired) electrons. The summed E-state index contributed by atoms with van der Waals surface area (Å²) in [5, 5.41) is 10.3. The van der Waals surface area contributed by atoms with Gasteiger partial charge in [-0.15, -0.1) is 0 Å². The molecule has 1 aliphatic carbocycles. The van der Waals surface area contributed by atoms with Gasteiger partial charge in [0.15, 0.2) is 11.5 Å². The second-order valence-corrected chi connectivity index (χ2v) is 6.38. The maximum atomic E-state index is 13.0. The molecular formula is C14H15BrF3N5O. The van der Waals surface area contributed by atoms with Gasteiger partial charge in [-0.05, 0) is 35.7 Å². The number of carbonyl (C=O) groups is 1. The molecule has 2 aromatic rings. The molecule has 0 aliphatic heterocycles. The Labute approximate surface area is 144 Å². The highest BCUT2D eigenvalue weighted by Gasteiger charge is 2.41. The summed E-state index contributed by atoms with van der Waals surface area (Å²) < 4.78 is 41.8. The van der Waals surface area contributed by atoms with E-state index < -0.39 is 17.8 Å². The maximum absolute atomic E-state index is 13.0. The van der Waals surface area contributed by atoms with E-state index in [1.807, 2.05) is 6.92 Å². The topological polar surface area (TPSA) is 64.7 Å². The Morgan fingerprint density at radius 2 is 2.12 bits per heavy atom. The van der Waals surface area contributed by atoms with Gasteiger partial charge in [0.05, 0.1) is 10.2 Å². The number of carbonyl (C=O) groups excluding carboxylic acids is 1. The summed E-state index contributed by atoms with van der Waals surface area (Å²) in [5.41, 5.74) is -0.566. The smallest absolute Gasteiger partial charge is 0.308 e. The van der Waals surface area contributed by atoms with Crippen LogP contribution in [0, 0.1) is 0 Å². The molecular weight excluding hydrogens is 391 g/mol. The van der Waals surface area contributed by atoms with E-state index in [4.69, 9.17) is 0 Å². The minimum Gasteiger partial charge on any atom is -0.308 e. The van der Waals surface area contributed by atoms with Crippen LogP contribution in [0.15, 0.2) is 16.7 Å². The Balaban J connectivity index is 1.80. The van der Waals surface area contributed by atoms with Crippen LogP contribution < -0.4 is 5.32 Å². The second kappa shape index (κ2) is 6.23. The van der Waals surface area contributed by atoms with Crippen molar-refractivity contribution in [2.24, 2.45) is 0 Å². The molecule has 0 unspecified atom stereocenters. The maximum Gasteiger partial charge on any atom is 0.436 e. The third-order valence-corrected chi connectivity index (χ3v) is 4.47. The summed E-state index contributed by atoms with van der Waals surface area (Å²) in [6.07, 6.45) is -1.27. The van der Waals surface area contributed by atoms with Crippen LogP contribution >= 0.6 is 15.9 Å². The third kappa shape index (κ3) is 3.47. The van der Waals surface area contributed by atoms with E-state index in [1.165, 1.54) is 0 Å². The number of amides is 1. The first kappa shape index (κ1) is 17.0. The SMILES string of the molecule is CCn1ccc(NC(=O)Cn2nc(C(F)(F)F)c(Br)c2C2CC2)n1. The lowest BCUT2D eigenvalue weighted by atomic mass is 10.2. The van der Waals surface area contributed by atoms with Gasteiger partial charge in [-0.1, -0.05) is 0 Å². The van der Waals surface area contributed by atoms with Gasteiger partial charge in [0.2, 0.25) is 5.91 Å². The average molecular weight is 406 g/mol. The molecule has 0 atom stereocenters. The molecule has 1 saturated carbocycles. The highest BCUT2D eigenvalue weighted by molar-refractivity contribution is 9.10. The highest BCUT2D eigenvalue weighted by Crippen LogP contribution is 2.46. The summed E-state index contributed by atoms with van der Waals surface area (Å²) in [7, 11) is 0. The fourth-order valence-corrected chi connectivity index (χ4v) is 3.26. The highest BCUT2D eigenvalue weighted by atomic mass is 79.9. The number of anilines is 1. The van der Waals surface area contributed by atoms with E-state index in [-0.39, 0.29) is 16.9 Å². The number of aromatic nitrogens is 4. The minimum absolute atomic E-state index is 0.00933. The van der Waals surface area contributed by atoms with Crippen molar-refractivity contribution in [3.8, 4) is 0 Å². The van der Waals surface area contributed by atoms with Gasteiger partial charge in [-0.3, -0.25) is 14.2 Å². The van der Waals surface area contributed by atoms with E-state index in [2.05, 4.69) is 31.4 Å². The van der Waals surface area contributed by atoms with Crippen LogP contribution in [0.25, 0.3) is 0 Å². The number of halogens is 4. The van der Waals surface area contributed by atoms with Crippen LogP contribution in [0.2, 0.25) is 0 Å². The summed E-state index contributed by atoms with van der Waals surface area (Å²) in [4.78, 5) is 12.1. The Kier molecular flexibility index (Phi) is 4.41. The zero-order valence-corrected chi connectivity index (χ0v) is 14.4. The van der Waals surface area contributed by atoms with E-state index in [0.29, 0.717) is 18.1 Å². The molecule has 1 N–H and O–H groups in total. The number of hydrogen-bond acceptors (Lipinski definition) is 3. The molecule has 0 aromatic carbocycles. The van der Waals surface area contributed by atoms with Gasteiger partial charge >= 0.3 is 6.18 Å². The van der Waals surface area contributed by atoms with Crippen LogP contribution in [0.3, 0.4) is 0 Å². The van der Waals surface area contributed by atoms with Gasteiger partial charge in [0, 0.05) is 24.7 Å². The lowest BCUT2D eigenvalue weighted by Crippen LogP contribution is -2.21. The monoisotopic (exact) mass is 405 g/mol. The fraction of sp³-hybridized carbons (Fsp3) is 0.500. The van der Waals surface area contributed by atoms with Crippen molar-refractivity contribution in [3.05, 3.63) is 28.1 Å². The number of aryl methyl sites for hydroxylation is 1. The molecule has 0 saturated heterocycles. The van der Waals surface area contributed by atoms with Crippen molar-refractivity contribution < 1.29 is 18.0 Å². The van der Waals surface area contributed by atoms with Crippen molar-refractivity contribution in [2.45, 2.75) is 44.9 Å². The van der Waals surface area contributed by atoms with Crippen molar-refractivity contribution in [3.63, 3.8) is 0 Å². The average Bonchev–Trinajstić information content (AvgIpc) is 3.12. The largest absolute Gasteiger partial charge is 0.436 e. The molecule has 1 aliphatic rings. The van der Waals surface area contributed by atoms with Gasteiger partial charge in [0.25, 0.3) is 0 Å².